The van der Waals surface area contributed by atoms with Gasteiger partial charge in [0.1, 0.15) is 16.7 Å². The summed E-state index contributed by atoms with van der Waals surface area (Å²) >= 11 is 1.51. The molecule has 0 amide bonds. The number of nitrogens with two attached hydrogens (primary N) is 1. The van der Waals surface area contributed by atoms with E-state index in [4.69, 9.17) is 10.8 Å². The van der Waals surface area contributed by atoms with Crippen molar-refractivity contribution in [2.75, 3.05) is 18.1 Å². The standard InChI is InChI=1S/C9H13N3OS/c10-7-5-8(14-4-3-13)12-9(11-7)6-1-2-6/h5-6,13H,1-4H2,(H2,10,11,12). The van der Waals surface area contributed by atoms with E-state index in [1.54, 1.807) is 6.07 Å². The van der Waals surface area contributed by atoms with E-state index in [0.29, 0.717) is 17.5 Å². The molecule has 1 aromatic heterocycles. The van der Waals surface area contributed by atoms with Gasteiger partial charge in [-0.15, -0.1) is 11.8 Å². The van der Waals surface area contributed by atoms with Crippen LogP contribution in [0, 0.1) is 0 Å². The molecule has 1 fully saturated rings. The van der Waals surface area contributed by atoms with Crippen LogP contribution in [0.2, 0.25) is 0 Å². The van der Waals surface area contributed by atoms with Crippen molar-refractivity contribution in [2.45, 2.75) is 23.8 Å². The maximum absolute atomic E-state index is 8.69. The molecule has 0 radical (unpaired) electrons. The number of aliphatic hydroxyl groups excluding tert-OH is 1. The van der Waals surface area contributed by atoms with Crippen LogP contribution in [0.5, 0.6) is 0 Å². The summed E-state index contributed by atoms with van der Waals surface area (Å²) in [6, 6.07) is 1.76. The van der Waals surface area contributed by atoms with Crippen molar-refractivity contribution in [1.29, 1.82) is 0 Å². The number of hydrogen-bond acceptors (Lipinski definition) is 5. The van der Waals surface area contributed by atoms with E-state index in [0.717, 1.165) is 10.9 Å². The Balaban J connectivity index is 2.13. The van der Waals surface area contributed by atoms with Crippen LogP contribution in [-0.4, -0.2) is 27.4 Å². The number of nitrogen functional groups attached to an aromatic ring is 1. The Hall–Kier alpha value is -0.810. The summed E-state index contributed by atoms with van der Waals surface area (Å²) in [7, 11) is 0. The van der Waals surface area contributed by atoms with Gasteiger partial charge in [0, 0.05) is 17.7 Å². The van der Waals surface area contributed by atoms with E-state index in [1.165, 1.54) is 24.6 Å². The lowest BCUT2D eigenvalue weighted by Crippen LogP contribution is -2.00. The van der Waals surface area contributed by atoms with Crippen LogP contribution in [0.3, 0.4) is 0 Å². The molecule has 0 spiro atoms. The molecule has 0 atom stereocenters. The van der Waals surface area contributed by atoms with Crippen molar-refractivity contribution in [3.63, 3.8) is 0 Å². The average molecular weight is 211 g/mol. The van der Waals surface area contributed by atoms with Gasteiger partial charge >= 0.3 is 0 Å². The van der Waals surface area contributed by atoms with Gasteiger partial charge in [-0.1, -0.05) is 0 Å². The van der Waals surface area contributed by atoms with Gasteiger partial charge in [-0.2, -0.15) is 0 Å². The van der Waals surface area contributed by atoms with Gasteiger partial charge in [0.2, 0.25) is 0 Å². The second-order valence-corrected chi connectivity index (χ2v) is 4.45. The molecule has 1 heterocycles. The molecule has 5 heteroatoms. The zero-order valence-corrected chi connectivity index (χ0v) is 8.63. The molecule has 14 heavy (non-hydrogen) atoms. The van der Waals surface area contributed by atoms with Gasteiger partial charge in [-0.3, -0.25) is 0 Å². The predicted octanol–water partition coefficient (Wildman–Crippen LogP) is 1.02. The molecule has 76 valence electrons. The Bertz CT molecular complexity index is 328. The summed E-state index contributed by atoms with van der Waals surface area (Å²) in [5.74, 6) is 2.57. The van der Waals surface area contributed by atoms with E-state index in [2.05, 4.69) is 9.97 Å². The van der Waals surface area contributed by atoms with Gasteiger partial charge in [0.05, 0.1) is 6.61 Å². The van der Waals surface area contributed by atoms with Crippen LogP contribution in [0.15, 0.2) is 11.1 Å². The summed E-state index contributed by atoms with van der Waals surface area (Å²) < 4.78 is 0. The molecule has 0 saturated heterocycles. The number of thioether (sulfide) groups is 1. The molecule has 1 saturated carbocycles. The lowest BCUT2D eigenvalue weighted by Gasteiger charge is -2.03. The third-order valence-electron chi connectivity index (χ3n) is 2.02. The first kappa shape index (κ1) is 9.73. The Kier molecular flexibility index (Phi) is 2.88. The third-order valence-corrected chi connectivity index (χ3v) is 2.92. The summed E-state index contributed by atoms with van der Waals surface area (Å²) in [4.78, 5) is 8.59. The zero-order chi connectivity index (χ0) is 9.97. The Labute approximate surface area is 86.9 Å². The van der Waals surface area contributed by atoms with Crippen LogP contribution in [0.1, 0.15) is 24.6 Å². The zero-order valence-electron chi connectivity index (χ0n) is 7.81. The highest BCUT2D eigenvalue weighted by atomic mass is 32.2. The number of aromatic nitrogens is 2. The molecule has 3 N–H and O–H groups in total. The van der Waals surface area contributed by atoms with Crippen molar-refractivity contribution in [1.82, 2.24) is 9.97 Å². The third kappa shape index (κ3) is 2.36. The number of nitrogens with zero attached hydrogens (tertiary/aromatic N) is 2. The maximum Gasteiger partial charge on any atom is 0.135 e. The molecule has 0 aromatic carbocycles. The molecular weight excluding hydrogens is 198 g/mol. The van der Waals surface area contributed by atoms with Crippen LogP contribution in [0.4, 0.5) is 5.82 Å². The van der Waals surface area contributed by atoms with Gasteiger partial charge in [0.25, 0.3) is 0 Å². The summed E-state index contributed by atoms with van der Waals surface area (Å²) in [6.45, 7) is 0.160. The minimum Gasteiger partial charge on any atom is -0.396 e. The summed E-state index contributed by atoms with van der Waals surface area (Å²) in [5.41, 5.74) is 5.67. The molecular formula is C9H13N3OS. The van der Waals surface area contributed by atoms with Gasteiger partial charge in [-0.05, 0) is 12.8 Å². The molecule has 2 rings (SSSR count). The van der Waals surface area contributed by atoms with E-state index in [9.17, 15) is 0 Å². The second kappa shape index (κ2) is 4.14. The highest BCUT2D eigenvalue weighted by Gasteiger charge is 2.27. The fraction of sp³-hybridized carbons (Fsp3) is 0.556. The summed E-state index contributed by atoms with van der Waals surface area (Å²) in [6.07, 6.45) is 2.35. The first-order valence-electron chi connectivity index (χ1n) is 4.67. The molecule has 4 nitrogen and oxygen atoms in total. The Morgan fingerprint density at radius 3 is 2.93 bits per heavy atom. The molecule has 0 unspecified atom stereocenters. The Morgan fingerprint density at radius 1 is 1.50 bits per heavy atom. The van der Waals surface area contributed by atoms with E-state index in [1.807, 2.05) is 0 Å². The second-order valence-electron chi connectivity index (χ2n) is 3.34. The van der Waals surface area contributed by atoms with Gasteiger partial charge < -0.3 is 10.8 Å². The normalized spacial score (nSPS) is 15.8. The lowest BCUT2D eigenvalue weighted by molar-refractivity contribution is 0.322. The van der Waals surface area contributed by atoms with Gasteiger partial charge in [0.15, 0.2) is 0 Å². The number of aliphatic hydroxyl groups is 1. The molecule has 0 bridgehead atoms. The van der Waals surface area contributed by atoms with E-state index < -0.39 is 0 Å². The first-order valence-corrected chi connectivity index (χ1v) is 5.66. The SMILES string of the molecule is Nc1cc(SCCO)nc(C2CC2)n1. The van der Waals surface area contributed by atoms with Crippen molar-refractivity contribution in [3.8, 4) is 0 Å². The molecule has 1 aromatic rings. The van der Waals surface area contributed by atoms with Crippen LogP contribution >= 0.6 is 11.8 Å². The van der Waals surface area contributed by atoms with E-state index >= 15 is 0 Å². The van der Waals surface area contributed by atoms with Gasteiger partial charge in [-0.25, -0.2) is 9.97 Å². The van der Waals surface area contributed by atoms with Crippen molar-refractivity contribution < 1.29 is 5.11 Å². The first-order chi connectivity index (χ1) is 6.79. The quantitative estimate of drug-likeness (QED) is 0.574. The molecule has 1 aliphatic rings. The lowest BCUT2D eigenvalue weighted by atomic mass is 10.4. The molecule has 1 aliphatic carbocycles. The largest absolute Gasteiger partial charge is 0.396 e. The van der Waals surface area contributed by atoms with Crippen molar-refractivity contribution in [2.24, 2.45) is 0 Å². The minimum atomic E-state index is 0.160. The highest BCUT2D eigenvalue weighted by molar-refractivity contribution is 7.99. The fourth-order valence-corrected chi connectivity index (χ4v) is 1.87. The van der Waals surface area contributed by atoms with Crippen molar-refractivity contribution >= 4 is 17.6 Å². The van der Waals surface area contributed by atoms with Crippen LogP contribution in [-0.2, 0) is 0 Å². The number of hydrogen-bond donors (Lipinski definition) is 2. The summed E-state index contributed by atoms with van der Waals surface area (Å²) in [5, 5.41) is 9.56. The number of anilines is 1. The van der Waals surface area contributed by atoms with E-state index in [-0.39, 0.29) is 6.61 Å². The highest BCUT2D eigenvalue weighted by Crippen LogP contribution is 2.38. The Morgan fingerprint density at radius 2 is 2.29 bits per heavy atom. The fourth-order valence-electron chi connectivity index (χ4n) is 1.21. The van der Waals surface area contributed by atoms with Crippen LogP contribution < -0.4 is 5.73 Å². The predicted molar refractivity (Wildman–Crippen MR) is 56.2 cm³/mol. The average Bonchev–Trinajstić information content (AvgIpc) is 2.97. The number of rotatable bonds is 4. The van der Waals surface area contributed by atoms with Crippen LogP contribution in [0.25, 0.3) is 0 Å². The molecule has 0 aliphatic heterocycles. The monoisotopic (exact) mass is 211 g/mol. The minimum absolute atomic E-state index is 0.160. The maximum atomic E-state index is 8.69. The smallest absolute Gasteiger partial charge is 0.135 e. The topological polar surface area (TPSA) is 72.0 Å². The van der Waals surface area contributed by atoms with Crippen molar-refractivity contribution in [3.05, 3.63) is 11.9 Å².